The molecule has 0 aliphatic rings. The first-order valence-electron chi connectivity index (χ1n) is 13.2. The summed E-state index contributed by atoms with van der Waals surface area (Å²) >= 11 is -1.51. The predicted octanol–water partition coefficient (Wildman–Crippen LogP) is 7.15. The van der Waals surface area contributed by atoms with E-state index >= 15 is 0 Å². The van der Waals surface area contributed by atoms with E-state index in [-0.39, 0.29) is 11.5 Å². The van der Waals surface area contributed by atoms with Gasteiger partial charge in [-0.05, 0) is 54.7 Å². The monoisotopic (exact) mass is 569 g/mol. The Hall–Kier alpha value is -4.27. The van der Waals surface area contributed by atoms with Crippen molar-refractivity contribution in [2.24, 2.45) is 0 Å². The Balaban J connectivity index is 1.25. The average Bonchev–Trinajstić information content (AvgIpc) is 3.31. The van der Waals surface area contributed by atoms with Crippen molar-refractivity contribution < 1.29 is 28.4 Å². The molecule has 0 fully saturated rings. The Labute approximate surface area is 241 Å². The van der Waals surface area contributed by atoms with Gasteiger partial charge in [0.15, 0.2) is 6.04 Å². The smallest absolute Gasteiger partial charge is 0.408 e. The Morgan fingerprint density at radius 2 is 1.49 bits per heavy atom. The molecule has 4 aromatic carbocycles. The van der Waals surface area contributed by atoms with Gasteiger partial charge in [0, 0.05) is 21.9 Å². The third-order valence-corrected chi connectivity index (χ3v) is 7.92. The van der Waals surface area contributed by atoms with Crippen LogP contribution in [0.25, 0.3) is 44.2 Å². The SMILES string of the molecule is CC(C)(C)OC(=O)N[C@@H](C[S+]([O-])Cc1ccc(-c2ccc(-c3cccc4c3oc3ccccc34)cc2)cc1)C(=O)O. The fourth-order valence-electron chi connectivity index (χ4n) is 4.67. The molecule has 210 valence electrons. The van der Waals surface area contributed by atoms with E-state index in [1.807, 2.05) is 48.5 Å². The first-order valence-corrected chi connectivity index (χ1v) is 14.7. The average molecular weight is 570 g/mol. The number of ether oxygens (including phenoxy) is 1. The Kier molecular flexibility index (Phi) is 8.06. The largest absolute Gasteiger partial charge is 0.616 e. The molecule has 0 radical (unpaired) electrons. The third kappa shape index (κ3) is 6.73. The minimum atomic E-state index is -1.51. The van der Waals surface area contributed by atoms with Gasteiger partial charge in [0.05, 0.1) is 0 Å². The van der Waals surface area contributed by atoms with E-state index in [1.54, 1.807) is 20.8 Å². The molecule has 2 atom stereocenters. The normalized spacial score (nSPS) is 13.2. The highest BCUT2D eigenvalue weighted by molar-refractivity contribution is 7.90. The Morgan fingerprint density at radius 3 is 2.15 bits per heavy atom. The van der Waals surface area contributed by atoms with Crippen molar-refractivity contribution >= 4 is 45.2 Å². The van der Waals surface area contributed by atoms with Crippen LogP contribution in [0.1, 0.15) is 26.3 Å². The number of hydrogen-bond acceptors (Lipinski definition) is 5. The molecule has 5 aromatic rings. The number of aliphatic carboxylic acids is 1. The van der Waals surface area contributed by atoms with Gasteiger partial charge in [0.2, 0.25) is 0 Å². The molecule has 0 saturated heterocycles. The summed E-state index contributed by atoms with van der Waals surface area (Å²) in [6.07, 6.45) is -0.855. The van der Waals surface area contributed by atoms with E-state index in [0.717, 1.165) is 49.8 Å². The molecule has 0 saturated carbocycles. The van der Waals surface area contributed by atoms with Crippen LogP contribution in [0.4, 0.5) is 4.79 Å². The van der Waals surface area contributed by atoms with Crippen molar-refractivity contribution in [2.75, 3.05) is 5.75 Å². The standard InChI is InChI=1S/C33H31NO6S/c1-33(2,3)40-32(37)34-28(31(35)36)20-41(38)19-21-11-13-22(14-12-21)23-15-17-24(18-16-23)25-8-6-9-27-26-7-4-5-10-29(26)39-30(25)27/h4-18,28H,19-20H2,1-3H3,(H,34,37)(H,35,36)/t28-,41?/m0/s1. The Bertz CT molecular complexity index is 1690. The topological polar surface area (TPSA) is 112 Å². The zero-order valence-electron chi connectivity index (χ0n) is 23.0. The molecular formula is C33H31NO6S. The minimum Gasteiger partial charge on any atom is -0.616 e. The van der Waals surface area contributed by atoms with Crippen LogP contribution in [0.15, 0.2) is 95.4 Å². The highest BCUT2D eigenvalue weighted by Crippen LogP contribution is 2.36. The maximum Gasteiger partial charge on any atom is 0.408 e. The maximum absolute atomic E-state index is 12.7. The molecule has 0 aliphatic heterocycles. The van der Waals surface area contributed by atoms with Crippen LogP contribution < -0.4 is 5.32 Å². The van der Waals surface area contributed by atoms with Gasteiger partial charge in [0.1, 0.15) is 28.3 Å². The summed E-state index contributed by atoms with van der Waals surface area (Å²) in [5, 5.41) is 13.9. The molecule has 1 unspecified atom stereocenters. The van der Waals surface area contributed by atoms with Gasteiger partial charge in [-0.3, -0.25) is 0 Å². The van der Waals surface area contributed by atoms with Crippen molar-refractivity contribution in [3.05, 3.63) is 96.6 Å². The number of nitrogens with one attached hydrogen (secondary N) is 1. The molecule has 41 heavy (non-hydrogen) atoms. The Morgan fingerprint density at radius 1 is 0.878 bits per heavy atom. The lowest BCUT2D eigenvalue weighted by atomic mass is 9.98. The summed E-state index contributed by atoms with van der Waals surface area (Å²) in [5.74, 6) is -1.32. The summed E-state index contributed by atoms with van der Waals surface area (Å²) in [5.41, 5.74) is 5.89. The van der Waals surface area contributed by atoms with Crippen LogP contribution >= 0.6 is 0 Å². The van der Waals surface area contributed by atoms with Crippen molar-refractivity contribution in [3.63, 3.8) is 0 Å². The van der Waals surface area contributed by atoms with Gasteiger partial charge >= 0.3 is 12.1 Å². The lowest BCUT2D eigenvalue weighted by Gasteiger charge is -2.22. The minimum absolute atomic E-state index is 0.167. The number of hydrogen-bond donors (Lipinski definition) is 2. The second kappa shape index (κ2) is 11.7. The van der Waals surface area contributed by atoms with E-state index < -0.39 is 34.9 Å². The van der Waals surface area contributed by atoms with Crippen LogP contribution in [0.5, 0.6) is 0 Å². The number of amides is 1. The van der Waals surface area contributed by atoms with Gasteiger partial charge in [-0.1, -0.05) is 84.9 Å². The van der Waals surface area contributed by atoms with E-state index in [2.05, 4.69) is 47.8 Å². The number of furan rings is 1. The van der Waals surface area contributed by atoms with Crippen molar-refractivity contribution in [1.82, 2.24) is 5.32 Å². The number of benzene rings is 4. The number of carbonyl (C=O) groups is 2. The summed E-state index contributed by atoms with van der Waals surface area (Å²) in [7, 11) is 0. The van der Waals surface area contributed by atoms with Gasteiger partial charge in [0.25, 0.3) is 0 Å². The molecule has 1 aromatic heterocycles. The molecule has 8 heteroatoms. The molecule has 7 nitrogen and oxygen atoms in total. The van der Waals surface area contributed by atoms with E-state index in [0.29, 0.717) is 0 Å². The van der Waals surface area contributed by atoms with Crippen LogP contribution in [0.2, 0.25) is 0 Å². The first-order chi connectivity index (χ1) is 19.6. The molecule has 1 amide bonds. The number of carboxylic acids is 1. The quantitative estimate of drug-likeness (QED) is 0.192. The number of carbonyl (C=O) groups excluding carboxylic acids is 1. The van der Waals surface area contributed by atoms with Crippen LogP contribution in [0, 0.1) is 0 Å². The number of fused-ring (bicyclic) bond motifs is 3. The summed E-state index contributed by atoms with van der Waals surface area (Å²) in [6.45, 7) is 5.05. The van der Waals surface area contributed by atoms with E-state index in [1.165, 1.54) is 0 Å². The summed E-state index contributed by atoms with van der Waals surface area (Å²) < 4.78 is 24.0. The highest BCUT2D eigenvalue weighted by atomic mass is 32.2. The van der Waals surface area contributed by atoms with Gasteiger partial charge in [-0.25, -0.2) is 9.59 Å². The molecule has 0 spiro atoms. The number of alkyl carbamates (subject to hydrolysis) is 1. The lowest BCUT2D eigenvalue weighted by Crippen LogP contribution is -2.47. The predicted molar refractivity (Wildman–Crippen MR) is 162 cm³/mol. The zero-order valence-corrected chi connectivity index (χ0v) is 23.9. The van der Waals surface area contributed by atoms with Crippen LogP contribution in [-0.4, -0.2) is 39.1 Å². The number of para-hydroxylation sites is 2. The van der Waals surface area contributed by atoms with Crippen LogP contribution in [0.3, 0.4) is 0 Å². The van der Waals surface area contributed by atoms with Gasteiger partial charge < -0.3 is 24.1 Å². The molecule has 0 aliphatic carbocycles. The zero-order chi connectivity index (χ0) is 29.1. The summed E-state index contributed by atoms with van der Waals surface area (Å²) in [6, 6.07) is 28.8. The van der Waals surface area contributed by atoms with E-state index in [4.69, 9.17) is 9.15 Å². The second-order valence-electron chi connectivity index (χ2n) is 10.8. The molecule has 1 heterocycles. The van der Waals surface area contributed by atoms with Crippen molar-refractivity contribution in [2.45, 2.75) is 38.2 Å². The fourth-order valence-corrected chi connectivity index (χ4v) is 5.95. The van der Waals surface area contributed by atoms with Crippen molar-refractivity contribution in [3.8, 4) is 22.3 Å². The number of rotatable bonds is 8. The van der Waals surface area contributed by atoms with Gasteiger partial charge in [-0.15, -0.1) is 0 Å². The second-order valence-corrected chi connectivity index (χ2v) is 12.3. The lowest BCUT2D eigenvalue weighted by molar-refractivity contribution is -0.138. The molecule has 2 N–H and O–H groups in total. The first kappa shape index (κ1) is 28.3. The molecular weight excluding hydrogens is 538 g/mol. The molecule has 5 rings (SSSR count). The third-order valence-electron chi connectivity index (χ3n) is 6.56. The maximum atomic E-state index is 12.7. The van der Waals surface area contributed by atoms with Crippen LogP contribution in [-0.2, 0) is 26.5 Å². The summed E-state index contributed by atoms with van der Waals surface area (Å²) in [4.78, 5) is 23.6. The van der Waals surface area contributed by atoms with Crippen molar-refractivity contribution in [1.29, 1.82) is 0 Å². The highest BCUT2D eigenvalue weighted by Gasteiger charge is 2.28. The fraction of sp³-hybridized carbons (Fsp3) is 0.212. The van der Waals surface area contributed by atoms with Gasteiger partial charge in [-0.2, -0.15) is 0 Å². The molecule has 0 bridgehead atoms. The number of carboxylic acid groups (broad SMARTS) is 1. The van der Waals surface area contributed by atoms with E-state index in [9.17, 15) is 19.2 Å².